The average Bonchev–Trinajstić information content (AvgIpc) is 2.39. The molecule has 0 aliphatic rings. The molecule has 0 aliphatic carbocycles. The Labute approximate surface area is 128 Å². The molecule has 0 saturated carbocycles. The first-order valence-electron chi connectivity index (χ1n) is 6.46. The maximum Gasteiger partial charge on any atom is 0.0487 e. The molecule has 2 aromatic carbocycles. The van der Waals surface area contributed by atoms with Crippen molar-refractivity contribution in [3.05, 3.63) is 57.5 Å². The van der Waals surface area contributed by atoms with Crippen LogP contribution in [0.25, 0.3) is 11.1 Å². The van der Waals surface area contributed by atoms with Gasteiger partial charge in [-0.15, -0.1) is 0 Å². The van der Waals surface area contributed by atoms with Crippen LogP contribution in [-0.2, 0) is 6.54 Å². The van der Waals surface area contributed by atoms with Crippen LogP contribution in [0.2, 0.25) is 5.02 Å². The van der Waals surface area contributed by atoms with E-state index in [0.29, 0.717) is 0 Å². The van der Waals surface area contributed by atoms with E-state index in [4.69, 9.17) is 11.6 Å². The van der Waals surface area contributed by atoms with Crippen molar-refractivity contribution in [3.63, 3.8) is 0 Å². The van der Waals surface area contributed by atoms with Crippen LogP contribution in [0, 0.1) is 0 Å². The second-order valence-electron chi connectivity index (χ2n) is 4.50. The van der Waals surface area contributed by atoms with Crippen molar-refractivity contribution in [1.29, 1.82) is 0 Å². The van der Waals surface area contributed by atoms with Crippen molar-refractivity contribution in [2.24, 2.45) is 0 Å². The van der Waals surface area contributed by atoms with E-state index in [1.807, 2.05) is 18.2 Å². The van der Waals surface area contributed by atoms with E-state index in [1.54, 1.807) is 0 Å². The molecule has 0 amide bonds. The van der Waals surface area contributed by atoms with Gasteiger partial charge in [0.2, 0.25) is 0 Å². The van der Waals surface area contributed by atoms with E-state index in [0.717, 1.165) is 40.1 Å². The third-order valence-corrected chi connectivity index (χ3v) is 3.73. The minimum absolute atomic E-state index is 0.800. The molecule has 0 spiro atoms. The Morgan fingerprint density at radius 1 is 1.16 bits per heavy atom. The summed E-state index contributed by atoms with van der Waals surface area (Å²) in [6.45, 7) is 4.06. The molecule has 1 nitrogen and oxygen atoms in total. The predicted molar refractivity (Wildman–Crippen MR) is 86.6 cm³/mol. The summed E-state index contributed by atoms with van der Waals surface area (Å²) >= 11 is 9.87. The van der Waals surface area contributed by atoms with E-state index in [2.05, 4.69) is 52.4 Å². The van der Waals surface area contributed by atoms with Crippen LogP contribution in [-0.4, -0.2) is 6.54 Å². The summed E-state index contributed by atoms with van der Waals surface area (Å²) in [5.74, 6) is 0. The highest BCUT2D eigenvalue weighted by molar-refractivity contribution is 9.10. The molecule has 0 bridgehead atoms. The van der Waals surface area contributed by atoms with Gasteiger partial charge in [-0.25, -0.2) is 0 Å². The third kappa shape index (κ3) is 4.07. The molecule has 0 fully saturated rings. The Kier molecular flexibility index (Phi) is 5.44. The van der Waals surface area contributed by atoms with Crippen molar-refractivity contribution in [3.8, 4) is 11.1 Å². The summed E-state index contributed by atoms with van der Waals surface area (Å²) < 4.78 is 1.06. The fourth-order valence-corrected chi connectivity index (χ4v) is 2.68. The first-order valence-corrected chi connectivity index (χ1v) is 7.63. The van der Waals surface area contributed by atoms with Gasteiger partial charge >= 0.3 is 0 Å². The fourth-order valence-electron chi connectivity index (χ4n) is 1.97. The van der Waals surface area contributed by atoms with Crippen molar-refractivity contribution in [1.82, 2.24) is 5.32 Å². The van der Waals surface area contributed by atoms with Gasteiger partial charge in [0.15, 0.2) is 0 Å². The lowest BCUT2D eigenvalue weighted by atomic mass is 10.0. The Bertz CT molecular complexity index is 554. The van der Waals surface area contributed by atoms with Gasteiger partial charge in [0.05, 0.1) is 0 Å². The Morgan fingerprint density at radius 3 is 2.68 bits per heavy atom. The molecule has 19 heavy (non-hydrogen) atoms. The Balaban J connectivity index is 2.19. The van der Waals surface area contributed by atoms with E-state index in [-0.39, 0.29) is 0 Å². The summed E-state index contributed by atoms with van der Waals surface area (Å²) in [6.07, 6.45) is 1.14. The number of hydrogen-bond donors (Lipinski definition) is 1. The summed E-state index contributed by atoms with van der Waals surface area (Å²) in [5.41, 5.74) is 3.42. The molecule has 2 aromatic rings. The van der Waals surface area contributed by atoms with E-state index < -0.39 is 0 Å². The molecule has 0 heterocycles. The highest BCUT2D eigenvalue weighted by atomic mass is 79.9. The van der Waals surface area contributed by atoms with Crippen LogP contribution in [0.1, 0.15) is 18.9 Å². The Morgan fingerprint density at radius 2 is 2.00 bits per heavy atom. The highest BCUT2D eigenvalue weighted by Crippen LogP contribution is 2.30. The van der Waals surface area contributed by atoms with Crippen LogP contribution in [0.5, 0.6) is 0 Å². The molecule has 0 radical (unpaired) electrons. The van der Waals surface area contributed by atoms with Crippen molar-refractivity contribution >= 4 is 27.5 Å². The first kappa shape index (κ1) is 14.6. The number of nitrogens with one attached hydrogen (secondary N) is 1. The van der Waals surface area contributed by atoms with Gasteiger partial charge in [-0.2, -0.15) is 0 Å². The molecule has 3 heteroatoms. The molecule has 0 saturated heterocycles. The molecule has 1 N–H and O–H groups in total. The minimum atomic E-state index is 0.800. The molecular formula is C16H17BrClN. The first-order chi connectivity index (χ1) is 9.20. The monoisotopic (exact) mass is 337 g/mol. The van der Waals surface area contributed by atoms with Crippen molar-refractivity contribution < 1.29 is 0 Å². The van der Waals surface area contributed by atoms with E-state index in [1.165, 1.54) is 5.56 Å². The normalized spacial score (nSPS) is 10.7. The van der Waals surface area contributed by atoms with Gasteiger partial charge in [-0.1, -0.05) is 58.7 Å². The van der Waals surface area contributed by atoms with Gasteiger partial charge in [-0.05, 0) is 42.3 Å². The van der Waals surface area contributed by atoms with Crippen LogP contribution in [0.15, 0.2) is 46.9 Å². The summed E-state index contributed by atoms with van der Waals surface area (Å²) in [5, 5.41) is 4.18. The summed E-state index contributed by atoms with van der Waals surface area (Å²) in [6, 6.07) is 14.4. The van der Waals surface area contributed by atoms with Gasteiger partial charge in [0, 0.05) is 21.6 Å². The lowest BCUT2D eigenvalue weighted by molar-refractivity contribution is 0.675. The van der Waals surface area contributed by atoms with Crippen LogP contribution >= 0.6 is 27.5 Å². The number of hydrogen-bond acceptors (Lipinski definition) is 1. The maximum atomic E-state index is 6.39. The highest BCUT2D eigenvalue weighted by Gasteiger charge is 2.05. The SMILES string of the molecule is CCCNCc1ccc(-c2cccc(Br)c2)c(Cl)c1. The summed E-state index contributed by atoms with van der Waals surface area (Å²) in [4.78, 5) is 0. The molecule has 2 rings (SSSR count). The standard InChI is InChI=1S/C16H17BrClN/c1-2-8-19-11-12-6-7-15(16(18)9-12)13-4-3-5-14(17)10-13/h3-7,9-10,19H,2,8,11H2,1H3. The lowest BCUT2D eigenvalue weighted by Crippen LogP contribution is -2.13. The van der Waals surface area contributed by atoms with Gasteiger partial charge in [0.1, 0.15) is 0 Å². The Hall–Kier alpha value is -0.830. The quantitative estimate of drug-likeness (QED) is 0.732. The lowest BCUT2D eigenvalue weighted by Gasteiger charge is -2.08. The van der Waals surface area contributed by atoms with Gasteiger partial charge in [0.25, 0.3) is 0 Å². The number of halogens is 2. The molecule has 100 valence electrons. The zero-order chi connectivity index (χ0) is 13.7. The fraction of sp³-hybridized carbons (Fsp3) is 0.250. The third-order valence-electron chi connectivity index (χ3n) is 2.93. The average molecular weight is 339 g/mol. The minimum Gasteiger partial charge on any atom is -0.313 e. The summed E-state index contributed by atoms with van der Waals surface area (Å²) in [7, 11) is 0. The van der Waals surface area contributed by atoms with Crippen LogP contribution in [0.3, 0.4) is 0 Å². The second-order valence-corrected chi connectivity index (χ2v) is 5.82. The largest absolute Gasteiger partial charge is 0.313 e. The smallest absolute Gasteiger partial charge is 0.0487 e. The number of rotatable bonds is 5. The van der Waals surface area contributed by atoms with E-state index >= 15 is 0 Å². The van der Waals surface area contributed by atoms with Crippen LogP contribution in [0.4, 0.5) is 0 Å². The number of benzene rings is 2. The molecule has 0 aliphatic heterocycles. The molecular weight excluding hydrogens is 322 g/mol. The second kappa shape index (κ2) is 7.09. The van der Waals surface area contributed by atoms with Gasteiger partial charge in [-0.3, -0.25) is 0 Å². The molecule has 0 aromatic heterocycles. The maximum absolute atomic E-state index is 6.39. The zero-order valence-corrected chi connectivity index (χ0v) is 13.3. The predicted octanol–water partition coefficient (Wildman–Crippen LogP) is 5.27. The van der Waals surface area contributed by atoms with Crippen molar-refractivity contribution in [2.75, 3.05) is 6.54 Å². The van der Waals surface area contributed by atoms with Gasteiger partial charge < -0.3 is 5.32 Å². The van der Waals surface area contributed by atoms with Crippen molar-refractivity contribution in [2.45, 2.75) is 19.9 Å². The van der Waals surface area contributed by atoms with Crippen LogP contribution < -0.4 is 5.32 Å². The molecule has 0 atom stereocenters. The molecule has 0 unspecified atom stereocenters. The topological polar surface area (TPSA) is 12.0 Å². The zero-order valence-electron chi connectivity index (χ0n) is 10.9. The van der Waals surface area contributed by atoms with E-state index in [9.17, 15) is 0 Å².